The molecule has 1 aliphatic rings. The Labute approximate surface area is 174 Å². The Hall–Kier alpha value is -2.40. The van der Waals surface area contributed by atoms with Crippen molar-refractivity contribution >= 4 is 17.6 Å². The molecule has 3 rings (SSSR count). The molecule has 0 radical (unpaired) electrons. The predicted molar refractivity (Wildman–Crippen MR) is 118 cm³/mol. The maximum Gasteiger partial charge on any atom is 0.420 e. The Kier molecular flexibility index (Phi) is 6.91. The third-order valence-corrected chi connectivity index (χ3v) is 5.14. The smallest absolute Gasteiger partial charge is 0.420 e. The van der Waals surface area contributed by atoms with Crippen LogP contribution in [-0.2, 0) is 4.74 Å². The summed E-state index contributed by atoms with van der Waals surface area (Å²) >= 11 is 0. The minimum atomic E-state index is -0.584. The zero-order valence-electron chi connectivity index (χ0n) is 18.1. The first kappa shape index (κ1) is 21.3. The van der Waals surface area contributed by atoms with Gasteiger partial charge in [-0.3, -0.25) is 4.90 Å². The highest BCUT2D eigenvalue weighted by Crippen LogP contribution is 2.39. The molecule has 0 spiro atoms. The van der Waals surface area contributed by atoms with E-state index < -0.39 is 11.7 Å². The second-order valence-electron chi connectivity index (χ2n) is 8.62. The average Bonchev–Trinajstić information content (AvgIpc) is 3.15. The third kappa shape index (κ3) is 5.36. The van der Waals surface area contributed by atoms with E-state index in [1.165, 1.54) is 19.3 Å². The SMILES string of the molecule is CCCCN1CCC[C@H]1c1cccnc1N(C(=O)OC(C)(C)C)c1ccccc1. The normalized spacial score (nSPS) is 17.3. The van der Waals surface area contributed by atoms with Crippen LogP contribution in [0.4, 0.5) is 16.3 Å². The zero-order chi connectivity index (χ0) is 20.9. The average molecular weight is 396 g/mol. The number of hydrogen-bond acceptors (Lipinski definition) is 4. The summed E-state index contributed by atoms with van der Waals surface area (Å²) in [6.07, 6.45) is 5.96. The van der Waals surface area contributed by atoms with Gasteiger partial charge in [0.1, 0.15) is 11.4 Å². The topological polar surface area (TPSA) is 45.7 Å². The highest BCUT2D eigenvalue weighted by Gasteiger charge is 2.33. The number of carbonyl (C=O) groups excluding carboxylic acids is 1. The van der Waals surface area contributed by atoms with Crippen LogP contribution >= 0.6 is 0 Å². The summed E-state index contributed by atoms with van der Waals surface area (Å²) in [5.74, 6) is 0.668. The number of carbonyl (C=O) groups is 1. The molecular weight excluding hydrogens is 362 g/mol. The summed E-state index contributed by atoms with van der Waals surface area (Å²) in [6, 6.07) is 14.0. The van der Waals surface area contributed by atoms with E-state index in [0.717, 1.165) is 30.8 Å². The van der Waals surface area contributed by atoms with Gasteiger partial charge < -0.3 is 4.74 Å². The molecule has 5 heteroatoms. The first-order valence-corrected chi connectivity index (χ1v) is 10.7. The van der Waals surface area contributed by atoms with E-state index in [1.54, 1.807) is 11.1 Å². The minimum absolute atomic E-state index is 0.277. The van der Waals surface area contributed by atoms with Crippen LogP contribution in [0, 0.1) is 0 Å². The molecule has 1 saturated heterocycles. The van der Waals surface area contributed by atoms with Gasteiger partial charge in [0.2, 0.25) is 0 Å². The maximum absolute atomic E-state index is 13.2. The molecule has 1 aromatic heterocycles. The number of anilines is 2. The summed E-state index contributed by atoms with van der Waals surface area (Å²) in [4.78, 5) is 22.0. The Morgan fingerprint density at radius 2 is 1.97 bits per heavy atom. The van der Waals surface area contributed by atoms with Crippen molar-refractivity contribution in [2.75, 3.05) is 18.0 Å². The van der Waals surface area contributed by atoms with E-state index in [-0.39, 0.29) is 6.04 Å². The van der Waals surface area contributed by atoms with E-state index in [2.05, 4.69) is 22.9 Å². The summed E-state index contributed by atoms with van der Waals surface area (Å²) in [6.45, 7) is 10.1. The largest absolute Gasteiger partial charge is 0.443 e. The molecule has 2 aromatic rings. The fourth-order valence-corrected chi connectivity index (χ4v) is 3.86. The van der Waals surface area contributed by atoms with Gasteiger partial charge in [-0.1, -0.05) is 37.6 Å². The fraction of sp³-hybridized carbons (Fsp3) is 0.500. The molecule has 1 aromatic carbocycles. The van der Waals surface area contributed by atoms with Crippen molar-refractivity contribution in [2.45, 2.75) is 65.0 Å². The predicted octanol–water partition coefficient (Wildman–Crippen LogP) is 6.09. The number of likely N-dealkylation sites (tertiary alicyclic amines) is 1. The highest BCUT2D eigenvalue weighted by atomic mass is 16.6. The van der Waals surface area contributed by atoms with Crippen LogP contribution in [0.3, 0.4) is 0 Å². The molecule has 0 saturated carbocycles. The quantitative estimate of drug-likeness (QED) is 0.593. The van der Waals surface area contributed by atoms with Crippen molar-refractivity contribution in [3.63, 3.8) is 0 Å². The fourth-order valence-electron chi connectivity index (χ4n) is 3.86. The van der Waals surface area contributed by atoms with Crippen molar-refractivity contribution in [2.24, 2.45) is 0 Å². The van der Waals surface area contributed by atoms with E-state index in [0.29, 0.717) is 5.82 Å². The van der Waals surface area contributed by atoms with Crippen LogP contribution in [0.5, 0.6) is 0 Å². The van der Waals surface area contributed by atoms with Gasteiger partial charge >= 0.3 is 6.09 Å². The van der Waals surface area contributed by atoms with E-state index in [1.807, 2.05) is 57.2 Å². The van der Waals surface area contributed by atoms with Crippen molar-refractivity contribution < 1.29 is 9.53 Å². The van der Waals surface area contributed by atoms with Crippen LogP contribution in [0.2, 0.25) is 0 Å². The van der Waals surface area contributed by atoms with Crippen molar-refractivity contribution in [1.29, 1.82) is 0 Å². The van der Waals surface area contributed by atoms with Gasteiger partial charge in [0.15, 0.2) is 0 Å². The van der Waals surface area contributed by atoms with Crippen molar-refractivity contribution in [3.05, 3.63) is 54.2 Å². The Morgan fingerprint density at radius 3 is 2.66 bits per heavy atom. The molecule has 156 valence electrons. The highest BCUT2D eigenvalue weighted by molar-refractivity contribution is 5.96. The number of benzene rings is 1. The van der Waals surface area contributed by atoms with Gasteiger partial charge in [0, 0.05) is 17.8 Å². The number of aromatic nitrogens is 1. The first-order chi connectivity index (χ1) is 13.9. The van der Waals surface area contributed by atoms with E-state index >= 15 is 0 Å². The van der Waals surface area contributed by atoms with E-state index in [9.17, 15) is 4.79 Å². The molecule has 1 aliphatic heterocycles. The van der Waals surface area contributed by atoms with Crippen molar-refractivity contribution in [3.8, 4) is 0 Å². The lowest BCUT2D eigenvalue weighted by Gasteiger charge is -2.31. The molecule has 2 heterocycles. The molecule has 5 nitrogen and oxygen atoms in total. The zero-order valence-corrected chi connectivity index (χ0v) is 18.1. The Bertz CT molecular complexity index is 801. The summed E-state index contributed by atoms with van der Waals surface area (Å²) in [5, 5.41) is 0. The number of hydrogen-bond donors (Lipinski definition) is 0. The van der Waals surface area contributed by atoms with Gasteiger partial charge in [-0.05, 0) is 71.3 Å². The lowest BCUT2D eigenvalue weighted by atomic mass is 10.0. The van der Waals surface area contributed by atoms with Crippen molar-refractivity contribution in [1.82, 2.24) is 9.88 Å². The minimum Gasteiger partial charge on any atom is -0.443 e. The van der Waals surface area contributed by atoms with Crippen LogP contribution in [0.15, 0.2) is 48.7 Å². The van der Waals surface area contributed by atoms with Crippen LogP contribution < -0.4 is 4.90 Å². The first-order valence-electron chi connectivity index (χ1n) is 10.7. The molecule has 29 heavy (non-hydrogen) atoms. The summed E-state index contributed by atoms with van der Waals surface area (Å²) in [5.41, 5.74) is 1.27. The second-order valence-corrected chi connectivity index (χ2v) is 8.62. The number of unbranched alkanes of at least 4 members (excludes halogenated alkanes) is 1. The van der Waals surface area contributed by atoms with Gasteiger partial charge in [-0.25, -0.2) is 14.7 Å². The van der Waals surface area contributed by atoms with Gasteiger partial charge in [0.05, 0.1) is 5.69 Å². The molecule has 0 aliphatic carbocycles. The van der Waals surface area contributed by atoms with E-state index in [4.69, 9.17) is 4.74 Å². The molecule has 0 N–H and O–H groups in total. The standard InChI is InChI=1S/C24H33N3O2/c1-5-6-17-26-18-11-15-21(26)20-14-10-16-25-22(20)27(19-12-8-7-9-13-19)23(28)29-24(2,3)4/h7-10,12-14,16,21H,5-6,11,15,17-18H2,1-4H3/t21-/m0/s1. The lowest BCUT2D eigenvalue weighted by Crippen LogP contribution is -2.35. The number of amides is 1. The molecule has 1 atom stereocenters. The van der Waals surface area contributed by atoms with Crippen LogP contribution in [-0.4, -0.2) is 34.7 Å². The van der Waals surface area contributed by atoms with Gasteiger partial charge in [0.25, 0.3) is 0 Å². The molecule has 0 unspecified atom stereocenters. The number of rotatable bonds is 6. The molecule has 1 fully saturated rings. The Morgan fingerprint density at radius 1 is 1.21 bits per heavy atom. The number of pyridine rings is 1. The second kappa shape index (κ2) is 9.40. The summed E-state index contributed by atoms with van der Waals surface area (Å²) in [7, 11) is 0. The molecule has 1 amide bonds. The lowest BCUT2D eigenvalue weighted by molar-refractivity contribution is 0.0597. The maximum atomic E-state index is 13.2. The van der Waals surface area contributed by atoms with Gasteiger partial charge in [-0.15, -0.1) is 0 Å². The van der Waals surface area contributed by atoms with Crippen LogP contribution in [0.25, 0.3) is 0 Å². The number of para-hydroxylation sites is 1. The van der Waals surface area contributed by atoms with Gasteiger partial charge in [-0.2, -0.15) is 0 Å². The summed E-state index contributed by atoms with van der Waals surface area (Å²) < 4.78 is 5.75. The monoisotopic (exact) mass is 395 g/mol. The number of nitrogens with zero attached hydrogens (tertiary/aromatic N) is 3. The van der Waals surface area contributed by atoms with Crippen LogP contribution in [0.1, 0.15) is 65.0 Å². The molecular formula is C24H33N3O2. The molecule has 0 bridgehead atoms. The Balaban J connectivity index is 2.02. The third-order valence-electron chi connectivity index (χ3n) is 5.14. The number of ether oxygens (including phenoxy) is 1.